The summed E-state index contributed by atoms with van der Waals surface area (Å²) >= 11 is 0. The molecule has 0 aromatic heterocycles. The van der Waals surface area contributed by atoms with E-state index in [0.29, 0.717) is 25.3 Å². The Labute approximate surface area is 242 Å². The van der Waals surface area contributed by atoms with Crippen LogP contribution >= 0.6 is 0 Å². The van der Waals surface area contributed by atoms with Gasteiger partial charge in [-0.2, -0.15) is 0 Å². The highest BCUT2D eigenvalue weighted by molar-refractivity contribution is 7.92. The molecule has 0 spiro atoms. The molecule has 0 aliphatic rings. The van der Waals surface area contributed by atoms with E-state index in [-0.39, 0.29) is 29.0 Å². The third-order valence-electron chi connectivity index (χ3n) is 6.38. The van der Waals surface area contributed by atoms with Gasteiger partial charge in [-0.05, 0) is 73.4 Å². The first kappa shape index (κ1) is 31.6. The van der Waals surface area contributed by atoms with Crippen LogP contribution in [-0.2, 0) is 26.2 Å². The summed E-state index contributed by atoms with van der Waals surface area (Å²) in [6, 6.07) is 19.1. The third kappa shape index (κ3) is 8.53. The number of rotatable bonds is 14. The minimum absolute atomic E-state index is 0.0607. The molecule has 3 aromatic rings. The van der Waals surface area contributed by atoms with Crippen molar-refractivity contribution in [2.24, 2.45) is 5.92 Å². The van der Waals surface area contributed by atoms with Crippen LogP contribution in [0.4, 0.5) is 10.1 Å². The van der Waals surface area contributed by atoms with E-state index in [1.54, 1.807) is 6.92 Å². The van der Waals surface area contributed by atoms with Gasteiger partial charge in [0.25, 0.3) is 10.0 Å². The number of hydrogen-bond acceptors (Lipinski definition) is 5. The normalized spacial score (nSPS) is 12.0. The number of nitrogens with one attached hydrogen (secondary N) is 1. The van der Waals surface area contributed by atoms with Crippen molar-refractivity contribution in [3.63, 3.8) is 0 Å². The zero-order valence-corrected chi connectivity index (χ0v) is 24.7. The SMILES string of the molecule is CCOc1ccc(S(=O)(=O)N(CC(=O)N(Cc2ccccc2)C(CC)C(=O)NCC(C)C)c2ccc(F)cc2)cc1. The largest absolute Gasteiger partial charge is 0.494 e. The Balaban J connectivity index is 2.02. The first-order valence-electron chi connectivity index (χ1n) is 13.7. The lowest BCUT2D eigenvalue weighted by Crippen LogP contribution is -2.52. The summed E-state index contributed by atoms with van der Waals surface area (Å²) in [5, 5.41) is 2.90. The molecule has 0 aliphatic carbocycles. The number of ether oxygens (including phenoxy) is 1. The maximum atomic E-state index is 14.0. The summed E-state index contributed by atoms with van der Waals surface area (Å²) in [4.78, 5) is 28.6. The predicted molar refractivity (Wildman–Crippen MR) is 157 cm³/mol. The fourth-order valence-electron chi connectivity index (χ4n) is 4.26. The van der Waals surface area contributed by atoms with Gasteiger partial charge >= 0.3 is 0 Å². The quantitative estimate of drug-likeness (QED) is 0.288. The molecule has 220 valence electrons. The van der Waals surface area contributed by atoms with Crippen molar-refractivity contribution in [2.45, 2.75) is 51.6 Å². The summed E-state index contributed by atoms with van der Waals surface area (Å²) in [5.41, 5.74) is 0.907. The molecule has 0 heterocycles. The summed E-state index contributed by atoms with van der Waals surface area (Å²) in [6.45, 7) is 7.94. The van der Waals surface area contributed by atoms with Crippen LogP contribution in [-0.4, -0.2) is 50.9 Å². The molecule has 3 aromatic carbocycles. The van der Waals surface area contributed by atoms with Crippen molar-refractivity contribution in [2.75, 3.05) is 24.0 Å². The molecule has 0 aliphatic heterocycles. The van der Waals surface area contributed by atoms with E-state index in [2.05, 4.69) is 5.32 Å². The topological polar surface area (TPSA) is 96.0 Å². The Kier molecular flexibility index (Phi) is 11.3. The number of nitrogens with zero attached hydrogens (tertiary/aromatic N) is 2. The molecule has 1 atom stereocenters. The van der Waals surface area contributed by atoms with Crippen LogP contribution in [0.3, 0.4) is 0 Å². The van der Waals surface area contributed by atoms with Crippen LogP contribution in [0.15, 0.2) is 83.8 Å². The number of anilines is 1. The maximum Gasteiger partial charge on any atom is 0.264 e. The van der Waals surface area contributed by atoms with Gasteiger partial charge in [-0.1, -0.05) is 51.1 Å². The zero-order chi connectivity index (χ0) is 30.0. The van der Waals surface area contributed by atoms with Crippen LogP contribution in [0.1, 0.15) is 39.7 Å². The van der Waals surface area contributed by atoms with E-state index in [4.69, 9.17) is 4.74 Å². The average molecular weight is 584 g/mol. The second-order valence-electron chi connectivity index (χ2n) is 9.96. The van der Waals surface area contributed by atoms with Crippen molar-refractivity contribution < 1.29 is 27.1 Å². The molecule has 1 N–H and O–H groups in total. The molecule has 0 radical (unpaired) electrons. The van der Waals surface area contributed by atoms with E-state index in [9.17, 15) is 22.4 Å². The van der Waals surface area contributed by atoms with Gasteiger partial charge in [0, 0.05) is 13.1 Å². The number of amides is 2. The molecule has 10 heteroatoms. The Morgan fingerprint density at radius 3 is 2.12 bits per heavy atom. The van der Waals surface area contributed by atoms with E-state index < -0.39 is 34.3 Å². The Morgan fingerprint density at radius 2 is 1.56 bits per heavy atom. The summed E-state index contributed by atoms with van der Waals surface area (Å²) in [7, 11) is -4.27. The van der Waals surface area contributed by atoms with E-state index in [0.717, 1.165) is 22.0 Å². The highest BCUT2D eigenvalue weighted by atomic mass is 32.2. The fraction of sp³-hybridized carbons (Fsp3) is 0.355. The lowest BCUT2D eigenvalue weighted by Gasteiger charge is -2.33. The minimum atomic E-state index is -4.27. The molecular formula is C31H38FN3O5S. The molecule has 1 unspecified atom stereocenters. The van der Waals surface area contributed by atoms with Crippen LogP contribution in [0, 0.1) is 11.7 Å². The molecule has 2 amide bonds. The zero-order valence-electron chi connectivity index (χ0n) is 23.9. The van der Waals surface area contributed by atoms with Gasteiger partial charge in [-0.3, -0.25) is 13.9 Å². The number of carbonyl (C=O) groups excluding carboxylic acids is 2. The van der Waals surface area contributed by atoms with E-state index in [1.807, 2.05) is 51.1 Å². The Hall–Kier alpha value is -3.92. The number of hydrogen-bond donors (Lipinski definition) is 1. The van der Waals surface area contributed by atoms with E-state index in [1.165, 1.54) is 41.3 Å². The van der Waals surface area contributed by atoms with Gasteiger partial charge in [0.2, 0.25) is 11.8 Å². The molecule has 0 saturated carbocycles. The van der Waals surface area contributed by atoms with Gasteiger partial charge in [0.15, 0.2) is 0 Å². The molecule has 0 fully saturated rings. The third-order valence-corrected chi connectivity index (χ3v) is 8.17. The van der Waals surface area contributed by atoms with Crippen LogP contribution < -0.4 is 14.4 Å². The second-order valence-corrected chi connectivity index (χ2v) is 11.8. The van der Waals surface area contributed by atoms with Gasteiger partial charge in [0.1, 0.15) is 24.2 Å². The molecule has 3 rings (SSSR count). The lowest BCUT2D eigenvalue weighted by atomic mass is 10.1. The monoisotopic (exact) mass is 583 g/mol. The summed E-state index contributed by atoms with van der Waals surface area (Å²) < 4.78 is 48.0. The highest BCUT2D eigenvalue weighted by Crippen LogP contribution is 2.26. The molecule has 0 saturated heterocycles. The average Bonchev–Trinajstić information content (AvgIpc) is 2.96. The van der Waals surface area contributed by atoms with Gasteiger partial charge in [-0.25, -0.2) is 12.8 Å². The van der Waals surface area contributed by atoms with Crippen molar-refractivity contribution in [3.8, 4) is 5.75 Å². The summed E-state index contributed by atoms with van der Waals surface area (Å²) in [6.07, 6.45) is 0.324. The number of benzene rings is 3. The molecule has 41 heavy (non-hydrogen) atoms. The van der Waals surface area contributed by atoms with Crippen molar-refractivity contribution in [3.05, 3.63) is 90.2 Å². The Bertz CT molecular complexity index is 1380. The molecule has 8 nitrogen and oxygen atoms in total. The molecular weight excluding hydrogens is 545 g/mol. The Morgan fingerprint density at radius 1 is 0.927 bits per heavy atom. The fourth-order valence-corrected chi connectivity index (χ4v) is 5.67. The van der Waals surface area contributed by atoms with Crippen molar-refractivity contribution in [1.29, 1.82) is 0 Å². The van der Waals surface area contributed by atoms with E-state index >= 15 is 0 Å². The van der Waals surface area contributed by atoms with Crippen LogP contribution in [0.2, 0.25) is 0 Å². The minimum Gasteiger partial charge on any atom is -0.494 e. The van der Waals surface area contributed by atoms with Gasteiger partial charge in [-0.15, -0.1) is 0 Å². The standard InChI is InChI=1S/C31H38FN3O5S/c1-5-29(31(37)33-20-23(3)4)34(21-24-10-8-7-9-11-24)30(36)22-35(26-14-12-25(32)13-15-26)41(38,39)28-18-16-27(17-19-28)40-6-2/h7-19,23,29H,5-6,20-22H2,1-4H3,(H,33,37). The summed E-state index contributed by atoms with van der Waals surface area (Å²) in [5.74, 6) is -0.712. The van der Waals surface area contributed by atoms with Crippen LogP contribution in [0.5, 0.6) is 5.75 Å². The smallest absolute Gasteiger partial charge is 0.264 e. The van der Waals surface area contributed by atoms with Crippen molar-refractivity contribution >= 4 is 27.5 Å². The number of halogens is 1. The molecule has 0 bridgehead atoms. The predicted octanol–water partition coefficient (Wildman–Crippen LogP) is 5.00. The lowest BCUT2D eigenvalue weighted by molar-refractivity contribution is -0.140. The van der Waals surface area contributed by atoms with Crippen molar-refractivity contribution in [1.82, 2.24) is 10.2 Å². The number of carbonyl (C=O) groups is 2. The van der Waals surface area contributed by atoms with Gasteiger partial charge < -0.3 is 15.0 Å². The van der Waals surface area contributed by atoms with Gasteiger partial charge in [0.05, 0.1) is 17.2 Å². The second kappa shape index (κ2) is 14.6. The highest BCUT2D eigenvalue weighted by Gasteiger charge is 2.33. The van der Waals surface area contributed by atoms with Crippen LogP contribution in [0.25, 0.3) is 0 Å². The first-order valence-corrected chi connectivity index (χ1v) is 15.1. The first-order chi connectivity index (χ1) is 19.6. The number of sulfonamides is 1. The maximum absolute atomic E-state index is 14.0.